The Kier molecular flexibility index (Phi) is 8.80. The SMILES string of the molecule is COc1cc(OCc2c(F)cccc2Cl)cc(OC)c1CNC(Cc1ccccc1)c1ncc(C)s1. The summed E-state index contributed by atoms with van der Waals surface area (Å²) in [5, 5.41) is 4.98. The number of nitrogens with zero attached hydrogens (tertiary/aromatic N) is 1. The van der Waals surface area contributed by atoms with Crippen LogP contribution in [0.1, 0.15) is 32.6 Å². The Balaban J connectivity index is 1.54. The molecule has 4 rings (SSSR count). The zero-order chi connectivity index (χ0) is 25.5. The number of halogens is 2. The van der Waals surface area contributed by atoms with Crippen molar-refractivity contribution in [3.63, 3.8) is 0 Å². The van der Waals surface area contributed by atoms with Crippen molar-refractivity contribution in [2.24, 2.45) is 0 Å². The van der Waals surface area contributed by atoms with Crippen molar-refractivity contribution >= 4 is 22.9 Å². The third-order valence-corrected chi connectivity index (χ3v) is 7.15. The van der Waals surface area contributed by atoms with Crippen molar-refractivity contribution in [3.8, 4) is 17.2 Å². The Bertz CT molecular complexity index is 1250. The second-order valence-electron chi connectivity index (χ2n) is 8.23. The molecule has 0 bridgehead atoms. The highest BCUT2D eigenvalue weighted by Gasteiger charge is 2.20. The number of aryl methyl sites for hydroxylation is 1. The second-order valence-corrected chi connectivity index (χ2v) is 9.90. The van der Waals surface area contributed by atoms with Gasteiger partial charge in [0.25, 0.3) is 0 Å². The molecule has 0 fully saturated rings. The van der Waals surface area contributed by atoms with Crippen LogP contribution in [0.25, 0.3) is 0 Å². The lowest BCUT2D eigenvalue weighted by molar-refractivity contribution is 0.293. The van der Waals surface area contributed by atoms with Crippen molar-refractivity contribution in [2.75, 3.05) is 14.2 Å². The zero-order valence-corrected chi connectivity index (χ0v) is 22.0. The molecule has 4 aromatic rings. The maximum atomic E-state index is 14.2. The molecule has 36 heavy (non-hydrogen) atoms. The molecule has 188 valence electrons. The number of hydrogen-bond donors (Lipinski definition) is 1. The molecule has 1 N–H and O–H groups in total. The van der Waals surface area contributed by atoms with Crippen molar-refractivity contribution in [3.05, 3.63) is 104 Å². The van der Waals surface area contributed by atoms with Gasteiger partial charge in [-0.25, -0.2) is 9.37 Å². The van der Waals surface area contributed by atoms with Crippen LogP contribution in [0.5, 0.6) is 17.2 Å². The van der Waals surface area contributed by atoms with E-state index in [1.165, 1.54) is 11.6 Å². The number of methoxy groups -OCH3 is 2. The lowest BCUT2D eigenvalue weighted by Crippen LogP contribution is -2.23. The minimum atomic E-state index is -0.413. The predicted octanol–water partition coefficient (Wildman–Crippen LogP) is 6.91. The van der Waals surface area contributed by atoms with E-state index in [1.807, 2.05) is 24.4 Å². The molecule has 3 aromatic carbocycles. The van der Waals surface area contributed by atoms with E-state index in [0.29, 0.717) is 34.4 Å². The van der Waals surface area contributed by atoms with Crippen molar-refractivity contribution in [1.29, 1.82) is 0 Å². The van der Waals surface area contributed by atoms with Gasteiger partial charge in [0.1, 0.15) is 34.7 Å². The molecular weight excluding hydrogens is 499 g/mol. The van der Waals surface area contributed by atoms with E-state index in [0.717, 1.165) is 21.9 Å². The Morgan fingerprint density at radius 1 is 1.00 bits per heavy atom. The summed E-state index contributed by atoms with van der Waals surface area (Å²) in [6, 6.07) is 18.4. The third kappa shape index (κ3) is 6.35. The van der Waals surface area contributed by atoms with E-state index in [2.05, 4.69) is 29.4 Å². The number of aromatic nitrogens is 1. The summed E-state index contributed by atoms with van der Waals surface area (Å²) in [5.74, 6) is 1.28. The van der Waals surface area contributed by atoms with Crippen LogP contribution >= 0.6 is 22.9 Å². The van der Waals surface area contributed by atoms with Gasteiger partial charge in [0, 0.05) is 35.3 Å². The van der Waals surface area contributed by atoms with Crippen LogP contribution in [0.15, 0.2) is 66.9 Å². The molecular formula is C28H28ClFN2O3S. The largest absolute Gasteiger partial charge is 0.496 e. The molecule has 1 atom stereocenters. The average molecular weight is 527 g/mol. The standard InChI is InChI=1S/C28H28ClFN2O3S/c1-18-15-32-28(36-18)25(12-19-8-5-4-6-9-19)31-16-21-26(33-2)13-20(14-27(21)34-3)35-17-22-23(29)10-7-11-24(22)30/h4-11,13-15,25,31H,12,16-17H2,1-3H3. The number of benzene rings is 3. The molecule has 0 spiro atoms. The minimum absolute atomic E-state index is 0.0136. The van der Waals surface area contributed by atoms with Gasteiger partial charge in [0.05, 0.1) is 30.8 Å². The Hall–Kier alpha value is -3.13. The molecule has 0 amide bonds. The van der Waals surface area contributed by atoms with Crippen LogP contribution in [0.2, 0.25) is 5.02 Å². The second kappa shape index (κ2) is 12.2. The molecule has 0 saturated heterocycles. The van der Waals surface area contributed by atoms with Gasteiger partial charge in [0.15, 0.2) is 0 Å². The third-order valence-electron chi connectivity index (χ3n) is 5.77. The Labute approximate surface area is 219 Å². The Morgan fingerprint density at radius 2 is 1.72 bits per heavy atom. The summed E-state index contributed by atoms with van der Waals surface area (Å²) in [4.78, 5) is 5.79. The van der Waals surface area contributed by atoms with Gasteiger partial charge < -0.3 is 19.5 Å². The summed E-state index contributed by atoms with van der Waals surface area (Å²) in [6.07, 6.45) is 2.69. The summed E-state index contributed by atoms with van der Waals surface area (Å²) in [7, 11) is 3.20. The molecule has 0 saturated carbocycles. The van der Waals surface area contributed by atoms with Gasteiger partial charge in [-0.3, -0.25) is 0 Å². The quantitative estimate of drug-likeness (QED) is 0.230. The first-order chi connectivity index (χ1) is 17.5. The molecule has 1 heterocycles. The van der Waals surface area contributed by atoms with Crippen molar-refractivity contribution in [1.82, 2.24) is 10.3 Å². The number of thiazole rings is 1. The topological polar surface area (TPSA) is 52.6 Å². The fourth-order valence-corrected chi connectivity index (χ4v) is 4.97. The lowest BCUT2D eigenvalue weighted by Gasteiger charge is -2.20. The maximum Gasteiger partial charge on any atom is 0.131 e. The van der Waals surface area contributed by atoms with Crippen molar-refractivity contribution in [2.45, 2.75) is 32.5 Å². The number of nitrogens with one attached hydrogen (secondary N) is 1. The molecule has 0 radical (unpaired) electrons. The molecule has 5 nitrogen and oxygen atoms in total. The monoisotopic (exact) mass is 526 g/mol. The Morgan fingerprint density at radius 3 is 2.33 bits per heavy atom. The first-order valence-corrected chi connectivity index (χ1v) is 12.7. The van der Waals surface area contributed by atoms with Gasteiger partial charge in [-0.15, -0.1) is 11.3 Å². The fourth-order valence-electron chi connectivity index (χ4n) is 3.90. The molecule has 0 aliphatic rings. The summed E-state index contributed by atoms with van der Waals surface area (Å²) >= 11 is 7.82. The van der Waals surface area contributed by atoms with Crippen LogP contribution in [0, 0.1) is 12.7 Å². The molecule has 1 aromatic heterocycles. The van der Waals surface area contributed by atoms with Crippen LogP contribution < -0.4 is 19.5 Å². The highest BCUT2D eigenvalue weighted by molar-refractivity contribution is 7.11. The van der Waals surface area contributed by atoms with Crippen molar-refractivity contribution < 1.29 is 18.6 Å². The van der Waals surface area contributed by atoms with E-state index in [4.69, 9.17) is 25.8 Å². The minimum Gasteiger partial charge on any atom is -0.496 e. The number of hydrogen-bond acceptors (Lipinski definition) is 6. The molecule has 0 aliphatic carbocycles. The van der Waals surface area contributed by atoms with Crippen LogP contribution in [0.4, 0.5) is 4.39 Å². The van der Waals surface area contributed by atoms with Gasteiger partial charge in [0.2, 0.25) is 0 Å². The first kappa shape index (κ1) is 25.9. The maximum absolute atomic E-state index is 14.2. The van der Waals surface area contributed by atoms with E-state index in [-0.39, 0.29) is 12.6 Å². The van der Waals surface area contributed by atoms with Crippen LogP contribution in [0.3, 0.4) is 0 Å². The molecule has 8 heteroatoms. The van der Waals surface area contributed by atoms with E-state index in [9.17, 15) is 4.39 Å². The first-order valence-electron chi connectivity index (χ1n) is 11.5. The van der Waals surface area contributed by atoms with Crippen LogP contribution in [-0.4, -0.2) is 19.2 Å². The zero-order valence-electron chi connectivity index (χ0n) is 20.4. The smallest absolute Gasteiger partial charge is 0.131 e. The molecule has 1 unspecified atom stereocenters. The van der Waals surface area contributed by atoms with Gasteiger partial charge in [-0.2, -0.15) is 0 Å². The fraction of sp³-hybridized carbons (Fsp3) is 0.250. The average Bonchev–Trinajstić information content (AvgIpc) is 3.32. The van der Waals surface area contributed by atoms with E-state index < -0.39 is 5.82 Å². The van der Waals surface area contributed by atoms with E-state index >= 15 is 0 Å². The number of rotatable bonds is 11. The van der Waals surface area contributed by atoms with Crippen LogP contribution in [-0.2, 0) is 19.6 Å². The predicted molar refractivity (Wildman–Crippen MR) is 142 cm³/mol. The highest BCUT2D eigenvalue weighted by Crippen LogP contribution is 2.36. The molecule has 0 aliphatic heterocycles. The van der Waals surface area contributed by atoms with E-state index in [1.54, 1.807) is 49.8 Å². The lowest BCUT2D eigenvalue weighted by atomic mass is 10.1. The highest BCUT2D eigenvalue weighted by atomic mass is 35.5. The summed E-state index contributed by atoms with van der Waals surface area (Å²) < 4.78 is 31.4. The summed E-state index contributed by atoms with van der Waals surface area (Å²) in [6.45, 7) is 2.53. The van der Waals surface area contributed by atoms with Gasteiger partial charge in [-0.1, -0.05) is 48.0 Å². The number of ether oxygens (including phenoxy) is 3. The van der Waals surface area contributed by atoms with Gasteiger partial charge in [-0.05, 0) is 31.0 Å². The summed E-state index contributed by atoms with van der Waals surface area (Å²) in [5.41, 5.74) is 2.37. The van der Waals surface area contributed by atoms with Gasteiger partial charge >= 0.3 is 0 Å². The normalized spacial score (nSPS) is 11.8.